The molecule has 0 aliphatic rings. The Morgan fingerprint density at radius 1 is 1.15 bits per heavy atom. The molecular formula is C19H26N2O5. The third kappa shape index (κ3) is 5.61. The fourth-order valence-electron chi connectivity index (χ4n) is 2.40. The van der Waals surface area contributed by atoms with Crippen molar-refractivity contribution >= 4 is 23.5 Å². The largest absolute Gasteiger partial charge is 0.481 e. The van der Waals surface area contributed by atoms with Gasteiger partial charge in [0.1, 0.15) is 0 Å². The van der Waals surface area contributed by atoms with Gasteiger partial charge in [0.2, 0.25) is 0 Å². The van der Waals surface area contributed by atoms with Crippen LogP contribution in [0.4, 0.5) is 4.79 Å². The first-order valence-corrected chi connectivity index (χ1v) is 8.15. The van der Waals surface area contributed by atoms with Crippen molar-refractivity contribution in [2.75, 3.05) is 6.54 Å². The van der Waals surface area contributed by atoms with Crippen LogP contribution in [0.1, 0.15) is 45.2 Å². The Morgan fingerprint density at radius 3 is 2.27 bits per heavy atom. The van der Waals surface area contributed by atoms with E-state index in [9.17, 15) is 19.5 Å². The van der Waals surface area contributed by atoms with Crippen LogP contribution in [0.25, 0.3) is 5.57 Å². The fraction of sp³-hybridized carbons (Fsp3) is 0.421. The Balaban J connectivity index is 2.82. The van der Waals surface area contributed by atoms with Gasteiger partial charge in [-0.15, -0.1) is 0 Å². The lowest BCUT2D eigenvalue weighted by Gasteiger charge is -2.29. The minimum absolute atomic E-state index is 0.303. The summed E-state index contributed by atoms with van der Waals surface area (Å²) in [6, 6.07) is 7.02. The van der Waals surface area contributed by atoms with Crippen LogP contribution in [0.5, 0.6) is 0 Å². The summed E-state index contributed by atoms with van der Waals surface area (Å²) in [5.41, 5.74) is 0.408. The van der Waals surface area contributed by atoms with Gasteiger partial charge in [-0.25, -0.2) is 4.79 Å². The maximum Gasteiger partial charge on any atom is 0.315 e. The van der Waals surface area contributed by atoms with Crippen molar-refractivity contribution in [2.24, 2.45) is 5.41 Å². The van der Waals surface area contributed by atoms with Crippen LogP contribution in [0.2, 0.25) is 0 Å². The molecule has 0 aromatic heterocycles. The van der Waals surface area contributed by atoms with E-state index in [2.05, 4.69) is 17.2 Å². The molecule has 142 valence electrons. The summed E-state index contributed by atoms with van der Waals surface area (Å²) in [5.74, 6) is -2.53. The molecule has 0 radical (unpaired) electrons. The van der Waals surface area contributed by atoms with Crippen LogP contribution in [0.15, 0.2) is 30.8 Å². The van der Waals surface area contributed by atoms with E-state index >= 15 is 0 Å². The van der Waals surface area contributed by atoms with Crippen molar-refractivity contribution < 1.29 is 24.6 Å². The first-order chi connectivity index (χ1) is 11.9. The first kappa shape index (κ1) is 21.2. The molecule has 4 N–H and O–H groups in total. The van der Waals surface area contributed by atoms with E-state index in [0.29, 0.717) is 0 Å². The minimum Gasteiger partial charge on any atom is -0.481 e. The highest BCUT2D eigenvalue weighted by Gasteiger charge is 2.36. The van der Waals surface area contributed by atoms with E-state index in [4.69, 9.17) is 5.11 Å². The van der Waals surface area contributed by atoms with Crippen molar-refractivity contribution in [3.8, 4) is 0 Å². The molecule has 0 spiro atoms. The smallest absolute Gasteiger partial charge is 0.315 e. The van der Waals surface area contributed by atoms with E-state index < -0.39 is 35.3 Å². The molecule has 26 heavy (non-hydrogen) atoms. The SMILES string of the molecule is C=C(C)c1cccc(C(C)(C)NC(=O)NCC(C)(CC(=O)O)C(=O)O)c1. The Labute approximate surface area is 153 Å². The van der Waals surface area contributed by atoms with Gasteiger partial charge in [-0.05, 0) is 44.9 Å². The monoisotopic (exact) mass is 362 g/mol. The molecule has 0 bridgehead atoms. The van der Waals surface area contributed by atoms with Crippen LogP contribution in [-0.4, -0.2) is 34.7 Å². The second kappa shape index (κ2) is 8.03. The summed E-state index contributed by atoms with van der Waals surface area (Å²) in [6.45, 7) is 10.4. The van der Waals surface area contributed by atoms with Gasteiger partial charge >= 0.3 is 18.0 Å². The van der Waals surface area contributed by atoms with Gasteiger partial charge in [-0.3, -0.25) is 9.59 Å². The molecule has 1 rings (SSSR count). The van der Waals surface area contributed by atoms with E-state index in [1.807, 2.05) is 45.0 Å². The van der Waals surface area contributed by atoms with Gasteiger partial charge in [0.15, 0.2) is 0 Å². The lowest BCUT2D eigenvalue weighted by atomic mass is 9.87. The quantitative estimate of drug-likeness (QED) is 0.567. The standard InChI is InChI=1S/C19H26N2O5/c1-12(2)13-7-6-8-14(9-13)18(3,4)21-17(26)20-11-19(5,16(24)25)10-15(22)23/h6-9H,1,10-11H2,2-5H3,(H,22,23)(H,24,25)(H2,20,21,26). The second-order valence-electron chi connectivity index (χ2n) is 7.23. The zero-order chi connectivity index (χ0) is 20.1. The number of hydrogen-bond acceptors (Lipinski definition) is 3. The van der Waals surface area contributed by atoms with Gasteiger partial charge in [0, 0.05) is 6.54 Å². The summed E-state index contributed by atoms with van der Waals surface area (Å²) >= 11 is 0. The topological polar surface area (TPSA) is 116 Å². The molecule has 1 aromatic carbocycles. The molecule has 0 saturated heterocycles. The fourth-order valence-corrected chi connectivity index (χ4v) is 2.40. The highest BCUT2D eigenvalue weighted by Crippen LogP contribution is 2.24. The number of benzene rings is 1. The maximum atomic E-state index is 12.2. The predicted molar refractivity (Wildman–Crippen MR) is 98.7 cm³/mol. The number of carboxylic acid groups (broad SMARTS) is 2. The van der Waals surface area contributed by atoms with Crippen molar-refractivity contribution in [1.82, 2.24) is 10.6 Å². The number of carbonyl (C=O) groups is 3. The summed E-state index contributed by atoms with van der Waals surface area (Å²) in [6.07, 6.45) is -0.591. The third-order valence-electron chi connectivity index (χ3n) is 4.20. The zero-order valence-corrected chi connectivity index (χ0v) is 15.5. The number of allylic oxidation sites excluding steroid dienone is 1. The number of carbonyl (C=O) groups excluding carboxylic acids is 1. The molecule has 7 nitrogen and oxygen atoms in total. The summed E-state index contributed by atoms with van der Waals surface area (Å²) in [5, 5.41) is 23.4. The molecule has 7 heteroatoms. The second-order valence-corrected chi connectivity index (χ2v) is 7.23. The predicted octanol–water partition coefficient (Wildman–Crippen LogP) is 2.82. The molecule has 1 aromatic rings. The average molecular weight is 362 g/mol. The Hall–Kier alpha value is -2.83. The molecular weight excluding hydrogens is 336 g/mol. The first-order valence-electron chi connectivity index (χ1n) is 8.15. The van der Waals surface area contributed by atoms with Gasteiger partial charge in [0.05, 0.1) is 17.4 Å². The molecule has 1 unspecified atom stereocenters. The minimum atomic E-state index is -1.59. The van der Waals surface area contributed by atoms with Crippen molar-refractivity contribution in [1.29, 1.82) is 0 Å². The van der Waals surface area contributed by atoms with Crippen molar-refractivity contribution in [3.05, 3.63) is 42.0 Å². The number of aliphatic carboxylic acids is 2. The van der Waals surface area contributed by atoms with Crippen LogP contribution >= 0.6 is 0 Å². The Kier molecular flexibility index (Phi) is 6.55. The lowest BCUT2D eigenvalue weighted by Crippen LogP contribution is -2.50. The number of carboxylic acids is 2. The maximum absolute atomic E-state index is 12.2. The summed E-state index contributed by atoms with van der Waals surface area (Å²) in [4.78, 5) is 34.4. The number of amides is 2. The Bertz CT molecular complexity index is 726. The van der Waals surface area contributed by atoms with Gasteiger partial charge in [-0.1, -0.05) is 30.4 Å². The molecule has 1 atom stereocenters. The summed E-state index contributed by atoms with van der Waals surface area (Å²) in [7, 11) is 0. The zero-order valence-electron chi connectivity index (χ0n) is 15.5. The van der Waals surface area contributed by atoms with Crippen molar-refractivity contribution in [2.45, 2.75) is 39.7 Å². The number of urea groups is 1. The van der Waals surface area contributed by atoms with Crippen LogP contribution < -0.4 is 10.6 Å². The van der Waals surface area contributed by atoms with E-state index in [-0.39, 0.29) is 6.54 Å². The van der Waals surface area contributed by atoms with E-state index in [1.54, 1.807) is 0 Å². The summed E-state index contributed by atoms with van der Waals surface area (Å²) < 4.78 is 0. The number of hydrogen-bond donors (Lipinski definition) is 4. The van der Waals surface area contributed by atoms with Crippen LogP contribution in [-0.2, 0) is 15.1 Å². The highest BCUT2D eigenvalue weighted by atomic mass is 16.4. The lowest BCUT2D eigenvalue weighted by molar-refractivity contribution is -0.154. The van der Waals surface area contributed by atoms with Crippen LogP contribution in [0.3, 0.4) is 0 Å². The molecule has 0 fully saturated rings. The molecule has 0 heterocycles. The third-order valence-corrected chi connectivity index (χ3v) is 4.20. The number of rotatable bonds is 8. The molecule has 2 amide bonds. The normalized spacial score (nSPS) is 13.4. The molecule has 0 aliphatic carbocycles. The van der Waals surface area contributed by atoms with Gasteiger partial charge < -0.3 is 20.8 Å². The highest BCUT2D eigenvalue weighted by molar-refractivity contribution is 5.82. The van der Waals surface area contributed by atoms with Crippen LogP contribution in [0, 0.1) is 5.41 Å². The Morgan fingerprint density at radius 2 is 1.77 bits per heavy atom. The van der Waals surface area contributed by atoms with E-state index in [0.717, 1.165) is 16.7 Å². The van der Waals surface area contributed by atoms with Crippen molar-refractivity contribution in [3.63, 3.8) is 0 Å². The molecule has 0 aliphatic heterocycles. The average Bonchev–Trinajstić information content (AvgIpc) is 2.52. The van der Waals surface area contributed by atoms with E-state index in [1.165, 1.54) is 6.92 Å². The van der Waals surface area contributed by atoms with Gasteiger partial charge in [-0.2, -0.15) is 0 Å². The van der Waals surface area contributed by atoms with Gasteiger partial charge in [0.25, 0.3) is 0 Å². The number of nitrogens with one attached hydrogen (secondary N) is 2. The molecule has 0 saturated carbocycles.